The molecule has 188 valence electrons. The van der Waals surface area contributed by atoms with E-state index in [0.717, 1.165) is 55.5 Å². The van der Waals surface area contributed by atoms with E-state index in [1.165, 1.54) is 7.11 Å². The summed E-state index contributed by atoms with van der Waals surface area (Å²) >= 11 is 0. The summed E-state index contributed by atoms with van der Waals surface area (Å²) in [6.45, 7) is 4.58. The molecule has 1 amide bonds. The van der Waals surface area contributed by atoms with Gasteiger partial charge in [0.1, 0.15) is 5.75 Å². The van der Waals surface area contributed by atoms with Crippen LogP contribution in [0.1, 0.15) is 64.8 Å². The first kappa shape index (κ1) is 25.5. The third-order valence-electron chi connectivity index (χ3n) is 6.59. The number of unbranched alkanes of at least 4 members (excludes halogenated alkanes) is 1. The van der Waals surface area contributed by atoms with E-state index in [1.54, 1.807) is 6.07 Å². The van der Waals surface area contributed by atoms with Crippen molar-refractivity contribution in [3.63, 3.8) is 0 Å². The molecule has 1 aliphatic heterocycles. The molecule has 1 fully saturated rings. The lowest BCUT2D eigenvalue weighted by Gasteiger charge is -2.24. The SMILES string of the molecule is CCCCOc1ccc(C2CCNCC2)cc1C(=O)Nc1cc(-c2ccccc2)ccc1C(=O)OC. The van der Waals surface area contributed by atoms with Gasteiger partial charge in [-0.3, -0.25) is 4.79 Å². The van der Waals surface area contributed by atoms with Crippen LogP contribution in [0, 0.1) is 0 Å². The molecule has 0 unspecified atom stereocenters. The van der Waals surface area contributed by atoms with Crippen molar-refractivity contribution in [2.45, 2.75) is 38.5 Å². The summed E-state index contributed by atoms with van der Waals surface area (Å²) in [5, 5.41) is 6.37. The second-order valence-electron chi connectivity index (χ2n) is 9.05. The van der Waals surface area contributed by atoms with E-state index in [2.05, 4.69) is 23.6 Å². The molecule has 0 radical (unpaired) electrons. The van der Waals surface area contributed by atoms with Crippen LogP contribution in [0.2, 0.25) is 0 Å². The zero-order valence-electron chi connectivity index (χ0n) is 21.0. The number of benzene rings is 3. The fourth-order valence-electron chi connectivity index (χ4n) is 4.52. The maximum atomic E-state index is 13.7. The largest absolute Gasteiger partial charge is 0.493 e. The van der Waals surface area contributed by atoms with Gasteiger partial charge in [-0.05, 0) is 79.2 Å². The van der Waals surface area contributed by atoms with Gasteiger partial charge in [0.15, 0.2) is 0 Å². The van der Waals surface area contributed by atoms with Crippen molar-refractivity contribution in [2.75, 3.05) is 32.1 Å². The molecule has 36 heavy (non-hydrogen) atoms. The van der Waals surface area contributed by atoms with Crippen LogP contribution in [0.5, 0.6) is 5.75 Å². The summed E-state index contributed by atoms with van der Waals surface area (Å²) in [4.78, 5) is 26.2. The van der Waals surface area contributed by atoms with Crippen molar-refractivity contribution in [3.05, 3.63) is 83.4 Å². The molecule has 4 rings (SSSR count). The topological polar surface area (TPSA) is 76.7 Å². The summed E-state index contributed by atoms with van der Waals surface area (Å²) in [7, 11) is 1.33. The van der Waals surface area contributed by atoms with Crippen LogP contribution in [0.15, 0.2) is 66.7 Å². The molecule has 2 N–H and O–H groups in total. The average Bonchev–Trinajstić information content (AvgIpc) is 2.93. The van der Waals surface area contributed by atoms with Crippen molar-refractivity contribution < 1.29 is 19.1 Å². The number of hydrogen-bond acceptors (Lipinski definition) is 5. The van der Waals surface area contributed by atoms with Gasteiger partial charge in [0.25, 0.3) is 5.91 Å². The standard InChI is InChI=1S/C30H34N2O4/c1-3-4-18-36-28-13-11-23(22-14-16-31-17-15-22)19-26(28)29(33)32-27-20-24(21-8-6-5-7-9-21)10-12-25(27)30(34)35-2/h5-13,19-20,22,31H,3-4,14-18H2,1-2H3,(H,32,33). The zero-order chi connectivity index (χ0) is 25.3. The van der Waals surface area contributed by atoms with Gasteiger partial charge in [0.2, 0.25) is 0 Å². The summed E-state index contributed by atoms with van der Waals surface area (Å²) in [6, 6.07) is 21.1. The van der Waals surface area contributed by atoms with Crippen molar-refractivity contribution in [2.24, 2.45) is 0 Å². The Kier molecular flexibility index (Phi) is 8.74. The van der Waals surface area contributed by atoms with Crippen molar-refractivity contribution in [3.8, 4) is 16.9 Å². The Balaban J connectivity index is 1.68. The van der Waals surface area contributed by atoms with E-state index in [-0.39, 0.29) is 5.91 Å². The summed E-state index contributed by atoms with van der Waals surface area (Å²) in [6.07, 6.45) is 3.97. The Morgan fingerprint density at radius 1 is 0.944 bits per heavy atom. The number of hydrogen-bond donors (Lipinski definition) is 2. The van der Waals surface area contributed by atoms with E-state index in [1.807, 2.05) is 54.6 Å². The Hall–Kier alpha value is -3.64. The molecule has 6 heteroatoms. The first-order valence-corrected chi connectivity index (χ1v) is 12.7. The highest BCUT2D eigenvalue weighted by molar-refractivity contribution is 6.10. The number of ether oxygens (including phenoxy) is 2. The minimum atomic E-state index is -0.507. The molecule has 1 saturated heterocycles. The predicted molar refractivity (Wildman–Crippen MR) is 143 cm³/mol. The first-order chi connectivity index (χ1) is 17.6. The number of rotatable bonds is 9. The van der Waals surface area contributed by atoms with E-state index in [9.17, 15) is 9.59 Å². The quantitative estimate of drug-likeness (QED) is 0.285. The fourth-order valence-corrected chi connectivity index (χ4v) is 4.52. The average molecular weight is 487 g/mol. The molecular weight excluding hydrogens is 452 g/mol. The van der Waals surface area contributed by atoms with Crippen molar-refractivity contribution >= 4 is 17.6 Å². The Bertz CT molecular complexity index is 1190. The molecule has 0 atom stereocenters. The summed E-state index contributed by atoms with van der Waals surface area (Å²) < 4.78 is 11.0. The maximum absolute atomic E-state index is 13.7. The number of methoxy groups -OCH3 is 1. The monoisotopic (exact) mass is 486 g/mol. The molecule has 0 saturated carbocycles. The van der Waals surface area contributed by atoms with Gasteiger partial charge in [0, 0.05) is 0 Å². The lowest BCUT2D eigenvalue weighted by molar-refractivity contribution is 0.0602. The second kappa shape index (κ2) is 12.4. The van der Waals surface area contributed by atoms with E-state index >= 15 is 0 Å². The van der Waals surface area contributed by atoms with Gasteiger partial charge in [-0.2, -0.15) is 0 Å². The first-order valence-electron chi connectivity index (χ1n) is 12.7. The van der Waals surface area contributed by atoms with Crippen LogP contribution in [0.25, 0.3) is 11.1 Å². The van der Waals surface area contributed by atoms with Gasteiger partial charge in [-0.1, -0.05) is 55.8 Å². The van der Waals surface area contributed by atoms with Gasteiger partial charge >= 0.3 is 5.97 Å². The van der Waals surface area contributed by atoms with E-state index in [0.29, 0.717) is 35.1 Å². The van der Waals surface area contributed by atoms with Gasteiger partial charge in [0.05, 0.1) is 30.5 Å². The Morgan fingerprint density at radius 2 is 1.72 bits per heavy atom. The van der Waals surface area contributed by atoms with Crippen LogP contribution in [-0.4, -0.2) is 38.7 Å². The molecule has 1 aliphatic rings. The predicted octanol–water partition coefficient (Wildman–Crippen LogP) is 6.04. The Labute approximate surface area is 213 Å². The molecule has 3 aromatic rings. The highest BCUT2D eigenvalue weighted by Gasteiger charge is 2.22. The molecular formula is C30H34N2O4. The molecule has 1 heterocycles. The summed E-state index contributed by atoms with van der Waals surface area (Å²) in [5.41, 5.74) is 4.19. The number of carbonyl (C=O) groups excluding carboxylic acids is 2. The number of esters is 1. The van der Waals surface area contributed by atoms with Gasteiger partial charge < -0.3 is 20.1 Å². The highest BCUT2D eigenvalue weighted by Crippen LogP contribution is 2.32. The van der Waals surface area contributed by atoms with Gasteiger partial charge in [-0.15, -0.1) is 0 Å². The number of anilines is 1. The zero-order valence-corrected chi connectivity index (χ0v) is 21.0. The maximum Gasteiger partial charge on any atom is 0.339 e. The second-order valence-corrected chi connectivity index (χ2v) is 9.05. The van der Waals surface area contributed by atoms with Crippen LogP contribution < -0.4 is 15.4 Å². The lowest BCUT2D eigenvalue weighted by Crippen LogP contribution is -2.26. The van der Waals surface area contributed by atoms with Crippen molar-refractivity contribution in [1.82, 2.24) is 5.32 Å². The third kappa shape index (κ3) is 6.13. The van der Waals surface area contributed by atoms with Crippen LogP contribution in [0.4, 0.5) is 5.69 Å². The fraction of sp³-hybridized carbons (Fsp3) is 0.333. The van der Waals surface area contributed by atoms with Crippen molar-refractivity contribution in [1.29, 1.82) is 0 Å². The summed E-state index contributed by atoms with van der Waals surface area (Å²) in [5.74, 6) is 0.132. The molecule has 3 aromatic carbocycles. The van der Waals surface area contributed by atoms with Crippen LogP contribution in [-0.2, 0) is 4.74 Å². The van der Waals surface area contributed by atoms with Crippen LogP contribution in [0.3, 0.4) is 0 Å². The van der Waals surface area contributed by atoms with Gasteiger partial charge in [-0.25, -0.2) is 4.79 Å². The van der Waals surface area contributed by atoms with Crippen LogP contribution >= 0.6 is 0 Å². The smallest absolute Gasteiger partial charge is 0.339 e. The third-order valence-corrected chi connectivity index (χ3v) is 6.59. The normalized spacial score (nSPS) is 13.7. The van der Waals surface area contributed by atoms with E-state index < -0.39 is 5.97 Å². The molecule has 0 spiro atoms. The number of amides is 1. The Morgan fingerprint density at radius 3 is 2.44 bits per heavy atom. The molecule has 0 aromatic heterocycles. The highest BCUT2D eigenvalue weighted by atomic mass is 16.5. The van der Waals surface area contributed by atoms with E-state index in [4.69, 9.17) is 9.47 Å². The number of nitrogens with one attached hydrogen (secondary N) is 2. The molecule has 0 bridgehead atoms. The number of piperidine rings is 1. The minimum Gasteiger partial charge on any atom is -0.493 e. The number of carbonyl (C=O) groups is 2. The minimum absolute atomic E-state index is 0.300. The lowest BCUT2D eigenvalue weighted by atomic mass is 9.89. The molecule has 0 aliphatic carbocycles. The molecule has 6 nitrogen and oxygen atoms in total.